The number of hydrogen-bond acceptors (Lipinski definition) is 3. The maximum absolute atomic E-state index is 12.1. The summed E-state index contributed by atoms with van der Waals surface area (Å²) in [7, 11) is 1.82. The summed E-state index contributed by atoms with van der Waals surface area (Å²) in [6.07, 6.45) is 0. The molecule has 3 rings (SSSR count). The van der Waals surface area contributed by atoms with Crippen LogP contribution in [0.15, 0.2) is 24.3 Å². The van der Waals surface area contributed by atoms with Crippen molar-refractivity contribution < 1.29 is 9.53 Å². The molecule has 1 saturated heterocycles. The van der Waals surface area contributed by atoms with Gasteiger partial charge in [0.25, 0.3) is 0 Å². The van der Waals surface area contributed by atoms with Gasteiger partial charge in [0.05, 0.1) is 0 Å². The molecule has 1 aromatic heterocycles. The molecule has 3 radical (unpaired) electrons. The Balaban J connectivity index is 1.91. The number of aromatic amines is 1. The molecule has 0 atom stereocenters. The molecule has 6 heteroatoms. The van der Waals surface area contributed by atoms with E-state index in [2.05, 4.69) is 41.9 Å². The van der Waals surface area contributed by atoms with Crippen molar-refractivity contribution in [2.75, 3.05) is 31.6 Å². The zero-order valence-corrected chi connectivity index (χ0v) is 17.0. The van der Waals surface area contributed by atoms with E-state index in [0.717, 1.165) is 56.7 Å². The van der Waals surface area contributed by atoms with Gasteiger partial charge in [-0.15, -0.1) is 0 Å². The monoisotopic (exact) mass is 494 g/mol. The zero-order chi connectivity index (χ0) is 15.9. The first kappa shape index (κ1) is 15.8. The van der Waals surface area contributed by atoms with Crippen LogP contribution >= 0.6 is 0 Å². The van der Waals surface area contributed by atoms with E-state index in [9.17, 15) is 4.79 Å². The Kier molecular flexibility index (Phi) is 4.19. The van der Waals surface area contributed by atoms with E-state index in [0.29, 0.717) is 5.69 Å². The molecule has 1 N–H and O–H groups in total. The number of anilines is 1. The molecule has 0 spiro atoms. The number of hydrogen-bond donors (Lipinski definition) is 1. The van der Waals surface area contributed by atoms with Gasteiger partial charge in [-0.2, -0.15) is 0 Å². The van der Waals surface area contributed by atoms with Crippen molar-refractivity contribution in [1.29, 1.82) is 0 Å². The van der Waals surface area contributed by atoms with Crippen LogP contribution in [0.1, 0.15) is 24.3 Å². The molecule has 1 fully saturated rings. The van der Waals surface area contributed by atoms with Crippen LogP contribution in [-0.4, -0.2) is 72.0 Å². The first-order valence-electron chi connectivity index (χ1n) is 7.37. The predicted molar refractivity (Wildman–Crippen MR) is 88.4 cm³/mol. The Bertz CT molecular complexity index is 708. The standard InChI is InChI=1S/C16H21N3O2.Pb/c1-16(2)10-19(6-7-21-16)12-4-5-13-11(8-12)9-14(18-13)15(20)17-3;/h4-5,8-9H,6-7,10H2,1-3H3,(H2,17,18,20);/q;+1/p-1. The van der Waals surface area contributed by atoms with Crippen molar-refractivity contribution in [3.63, 3.8) is 0 Å². The van der Waals surface area contributed by atoms with E-state index in [1.807, 2.05) is 13.1 Å². The minimum absolute atomic E-state index is 0.0527. The molecule has 2 aromatic rings. The second kappa shape index (κ2) is 5.84. The van der Waals surface area contributed by atoms with Gasteiger partial charge < -0.3 is 0 Å². The molecule has 0 unspecified atom stereocenters. The van der Waals surface area contributed by atoms with E-state index < -0.39 is 0 Å². The SMILES string of the molecule is C[N]([Pb])C(=O)c1cc2cc(N3CCOC(C)(C)C3)ccc2[nH]1. The summed E-state index contributed by atoms with van der Waals surface area (Å²) < 4.78 is 7.49. The quantitative estimate of drug-likeness (QED) is 0.651. The second-order valence-electron chi connectivity index (χ2n) is 6.35. The van der Waals surface area contributed by atoms with Crippen molar-refractivity contribution in [2.45, 2.75) is 19.4 Å². The van der Waals surface area contributed by atoms with Gasteiger partial charge in [-0.25, -0.2) is 0 Å². The van der Waals surface area contributed by atoms with E-state index in [1.54, 1.807) is 2.71 Å². The van der Waals surface area contributed by atoms with Crippen molar-refractivity contribution >= 4 is 48.6 Å². The van der Waals surface area contributed by atoms with Crippen LogP contribution in [0.5, 0.6) is 0 Å². The number of nitrogens with zero attached hydrogens (tertiary/aromatic N) is 2. The minimum atomic E-state index is -0.123. The van der Waals surface area contributed by atoms with Crippen molar-refractivity contribution in [2.24, 2.45) is 0 Å². The summed E-state index contributed by atoms with van der Waals surface area (Å²) in [6.45, 7) is 6.75. The van der Waals surface area contributed by atoms with Crippen molar-refractivity contribution in [1.82, 2.24) is 7.69 Å². The van der Waals surface area contributed by atoms with Gasteiger partial charge in [0.15, 0.2) is 0 Å². The number of amides is 1. The molecular formula is C16H20N3O2Pb. The molecular weight excluding hydrogens is 473 g/mol. The fourth-order valence-electron chi connectivity index (χ4n) is 2.85. The van der Waals surface area contributed by atoms with Gasteiger partial charge in [0, 0.05) is 0 Å². The molecule has 5 nitrogen and oxygen atoms in total. The summed E-state index contributed by atoms with van der Waals surface area (Å²) in [6, 6.07) is 8.26. The van der Waals surface area contributed by atoms with Crippen molar-refractivity contribution in [3.05, 3.63) is 30.0 Å². The first-order chi connectivity index (χ1) is 10.4. The number of nitrogens with one attached hydrogen (secondary N) is 1. The molecule has 0 aliphatic carbocycles. The topological polar surface area (TPSA) is 48.6 Å². The third-order valence-corrected chi connectivity index (χ3v) is 4.72. The number of carbonyl (C=O) groups excluding carboxylic acids is 1. The van der Waals surface area contributed by atoms with Crippen LogP contribution < -0.4 is 4.90 Å². The number of aromatic nitrogens is 1. The van der Waals surface area contributed by atoms with Gasteiger partial charge >= 0.3 is 147 Å². The van der Waals surface area contributed by atoms with Crippen LogP contribution in [0.25, 0.3) is 10.9 Å². The molecule has 22 heavy (non-hydrogen) atoms. The summed E-state index contributed by atoms with van der Waals surface area (Å²) in [5.41, 5.74) is 2.72. The van der Waals surface area contributed by atoms with Gasteiger partial charge in [-0.3, -0.25) is 0 Å². The van der Waals surface area contributed by atoms with Crippen molar-refractivity contribution in [3.8, 4) is 0 Å². The number of H-pyrrole nitrogens is 1. The molecule has 0 bridgehead atoms. The first-order valence-corrected chi connectivity index (χ1v) is 9.10. The Morgan fingerprint density at radius 1 is 1.41 bits per heavy atom. The molecule has 115 valence electrons. The normalized spacial score (nSPS) is 17.7. The van der Waals surface area contributed by atoms with E-state index in [4.69, 9.17) is 4.74 Å². The average Bonchev–Trinajstić information content (AvgIpc) is 2.88. The van der Waals surface area contributed by atoms with Crippen LogP contribution in [-0.2, 0) is 4.74 Å². The Morgan fingerprint density at radius 2 is 2.18 bits per heavy atom. The molecule has 1 aliphatic heterocycles. The summed E-state index contributed by atoms with van der Waals surface area (Å²) in [5.74, 6) is 0.0527. The Labute approximate surface area is 146 Å². The van der Waals surface area contributed by atoms with Gasteiger partial charge in [-0.05, 0) is 0 Å². The van der Waals surface area contributed by atoms with E-state index in [-0.39, 0.29) is 11.5 Å². The van der Waals surface area contributed by atoms with E-state index >= 15 is 0 Å². The average molecular weight is 494 g/mol. The zero-order valence-electron chi connectivity index (χ0n) is 13.1. The van der Waals surface area contributed by atoms with Gasteiger partial charge in [0.1, 0.15) is 0 Å². The molecule has 1 aromatic carbocycles. The number of benzene rings is 1. The Morgan fingerprint density at radius 3 is 2.86 bits per heavy atom. The molecule has 0 saturated carbocycles. The number of carbonyl (C=O) groups is 1. The number of rotatable bonds is 2. The summed E-state index contributed by atoms with van der Waals surface area (Å²) in [4.78, 5) is 17.6. The van der Waals surface area contributed by atoms with Crippen LogP contribution in [0.2, 0.25) is 0 Å². The number of morpholine rings is 1. The second-order valence-corrected chi connectivity index (χ2v) is 8.96. The fraction of sp³-hybridized carbons (Fsp3) is 0.438. The fourth-order valence-corrected chi connectivity index (χ4v) is 3.32. The van der Waals surface area contributed by atoms with Crippen LogP contribution in [0.3, 0.4) is 0 Å². The number of ether oxygens (including phenoxy) is 1. The third-order valence-electron chi connectivity index (χ3n) is 3.93. The molecule has 1 aliphatic rings. The van der Waals surface area contributed by atoms with Crippen LogP contribution in [0, 0.1) is 0 Å². The molecule has 1 amide bonds. The van der Waals surface area contributed by atoms with E-state index in [1.165, 1.54) is 5.69 Å². The predicted octanol–water partition coefficient (Wildman–Crippen LogP) is 1.94. The van der Waals surface area contributed by atoms with Gasteiger partial charge in [0.2, 0.25) is 0 Å². The maximum atomic E-state index is 12.1. The van der Waals surface area contributed by atoms with Crippen LogP contribution in [0.4, 0.5) is 5.69 Å². The Hall–Kier alpha value is -1.09. The molecule has 2 heterocycles. The van der Waals surface area contributed by atoms with Gasteiger partial charge in [-0.1, -0.05) is 0 Å². The summed E-state index contributed by atoms with van der Waals surface area (Å²) in [5, 5.41) is 1.08. The third kappa shape index (κ3) is 3.15. The summed E-state index contributed by atoms with van der Waals surface area (Å²) >= 11 is 0.718. The number of fused-ring (bicyclic) bond motifs is 1.